The van der Waals surface area contributed by atoms with Crippen LogP contribution in [0.3, 0.4) is 0 Å². The Bertz CT molecular complexity index is 516. The molecule has 1 atom stereocenters. The van der Waals surface area contributed by atoms with Gasteiger partial charge in [-0.3, -0.25) is 5.73 Å². The molecule has 3 N–H and O–H groups in total. The van der Waals surface area contributed by atoms with E-state index in [1.165, 1.54) is 16.5 Å². The molecule has 0 saturated heterocycles. The molecule has 1 heterocycles. The monoisotopic (exact) mass is 199 g/mol. The number of nitrogens with two attached hydrogens (primary N) is 1. The lowest BCUT2D eigenvalue weighted by molar-refractivity contribution is 0.731. The van der Waals surface area contributed by atoms with Gasteiger partial charge in [0.05, 0.1) is 0 Å². The molecule has 0 aromatic heterocycles. The molecule has 3 heteroatoms. The molecule has 1 unspecified atom stereocenters. The lowest BCUT2D eigenvalue weighted by atomic mass is 10.0. The molecule has 3 nitrogen and oxygen atoms in total. The van der Waals surface area contributed by atoms with E-state index in [4.69, 9.17) is 5.73 Å². The average Bonchev–Trinajstić information content (AvgIpc) is 2.26. The van der Waals surface area contributed by atoms with Gasteiger partial charge in [0.25, 0.3) is 0 Å². The van der Waals surface area contributed by atoms with Gasteiger partial charge in [0, 0.05) is 23.8 Å². The van der Waals surface area contributed by atoms with E-state index in [2.05, 4.69) is 40.5 Å². The highest BCUT2D eigenvalue weighted by Gasteiger charge is 2.20. The second kappa shape index (κ2) is 2.87. The minimum atomic E-state index is -0.148. The number of hydrogen-bond acceptors (Lipinski definition) is 3. The Balaban J connectivity index is 2.41. The molecule has 0 spiro atoms. The largest absolute Gasteiger partial charge is 0.353 e. The third-order valence-electron chi connectivity index (χ3n) is 2.98. The van der Waals surface area contributed by atoms with E-state index in [9.17, 15) is 0 Å². The van der Waals surface area contributed by atoms with Crippen LogP contribution in [0.2, 0.25) is 0 Å². The number of nitrogens with zero attached hydrogens (tertiary/aromatic N) is 1. The summed E-state index contributed by atoms with van der Waals surface area (Å²) in [6.07, 6.45) is -0.148. The summed E-state index contributed by atoms with van der Waals surface area (Å²) in [6.45, 7) is 0. The number of anilines is 2. The second-order valence-corrected chi connectivity index (χ2v) is 3.88. The molecule has 1 aliphatic heterocycles. The van der Waals surface area contributed by atoms with E-state index >= 15 is 0 Å². The Morgan fingerprint density at radius 1 is 1.20 bits per heavy atom. The van der Waals surface area contributed by atoms with Crippen LogP contribution in [0.15, 0.2) is 36.4 Å². The molecule has 0 fully saturated rings. The van der Waals surface area contributed by atoms with Gasteiger partial charge in [-0.15, -0.1) is 0 Å². The predicted octanol–water partition coefficient (Wildman–Crippen LogP) is 1.94. The maximum absolute atomic E-state index is 5.98. The zero-order valence-electron chi connectivity index (χ0n) is 8.57. The van der Waals surface area contributed by atoms with Gasteiger partial charge in [-0.25, -0.2) is 0 Å². The van der Waals surface area contributed by atoms with Crippen LogP contribution in [0.1, 0.15) is 0 Å². The van der Waals surface area contributed by atoms with Crippen LogP contribution < -0.4 is 16.0 Å². The van der Waals surface area contributed by atoms with E-state index in [0.29, 0.717) is 0 Å². The molecule has 0 radical (unpaired) electrons. The highest BCUT2D eigenvalue weighted by molar-refractivity contribution is 6.04. The minimum Gasteiger partial charge on any atom is -0.353 e. The fourth-order valence-corrected chi connectivity index (χ4v) is 2.14. The maximum atomic E-state index is 5.98. The van der Waals surface area contributed by atoms with Crippen molar-refractivity contribution in [2.24, 2.45) is 5.73 Å². The lowest BCUT2D eigenvalue weighted by Crippen LogP contribution is -2.47. The summed E-state index contributed by atoms with van der Waals surface area (Å²) in [7, 11) is 2.00. The smallest absolute Gasteiger partial charge is 0.152 e. The first-order valence-electron chi connectivity index (χ1n) is 5.04. The molecule has 2 aromatic carbocycles. The molecular weight excluding hydrogens is 186 g/mol. The average molecular weight is 199 g/mol. The van der Waals surface area contributed by atoms with Crippen molar-refractivity contribution >= 4 is 22.1 Å². The summed E-state index contributed by atoms with van der Waals surface area (Å²) in [4.78, 5) is 2.05. The van der Waals surface area contributed by atoms with Crippen LogP contribution in [-0.2, 0) is 0 Å². The van der Waals surface area contributed by atoms with E-state index in [0.717, 1.165) is 5.69 Å². The Hall–Kier alpha value is -1.74. The van der Waals surface area contributed by atoms with Crippen molar-refractivity contribution in [2.75, 3.05) is 17.3 Å². The van der Waals surface area contributed by atoms with Crippen molar-refractivity contribution in [3.8, 4) is 0 Å². The second-order valence-electron chi connectivity index (χ2n) is 3.88. The van der Waals surface area contributed by atoms with Crippen LogP contribution in [0, 0.1) is 0 Å². The number of nitrogens with one attached hydrogen (secondary N) is 1. The van der Waals surface area contributed by atoms with Gasteiger partial charge in [-0.05, 0) is 17.5 Å². The third kappa shape index (κ3) is 1.10. The molecule has 0 bridgehead atoms. The van der Waals surface area contributed by atoms with Crippen LogP contribution in [0.5, 0.6) is 0 Å². The van der Waals surface area contributed by atoms with Crippen LogP contribution in [0.25, 0.3) is 10.8 Å². The van der Waals surface area contributed by atoms with E-state index in [-0.39, 0.29) is 6.29 Å². The summed E-state index contributed by atoms with van der Waals surface area (Å²) < 4.78 is 0. The fourth-order valence-electron chi connectivity index (χ4n) is 2.14. The molecule has 1 aliphatic rings. The van der Waals surface area contributed by atoms with Crippen molar-refractivity contribution < 1.29 is 0 Å². The van der Waals surface area contributed by atoms with E-state index in [1.54, 1.807) is 0 Å². The molecule has 0 aliphatic carbocycles. The lowest BCUT2D eigenvalue weighted by Gasteiger charge is -2.34. The molecule has 76 valence electrons. The molecule has 15 heavy (non-hydrogen) atoms. The number of benzene rings is 2. The quantitative estimate of drug-likeness (QED) is 0.681. The van der Waals surface area contributed by atoms with Gasteiger partial charge in [0.1, 0.15) is 0 Å². The van der Waals surface area contributed by atoms with Gasteiger partial charge in [0.15, 0.2) is 6.29 Å². The first-order valence-corrected chi connectivity index (χ1v) is 5.04. The van der Waals surface area contributed by atoms with Gasteiger partial charge >= 0.3 is 0 Å². The summed E-state index contributed by atoms with van der Waals surface area (Å²) in [5.74, 6) is 0. The van der Waals surface area contributed by atoms with E-state index < -0.39 is 0 Å². The standard InChI is InChI=1S/C12H13N3/c1-15-10-7-3-5-8-4-2-6-9(11(8)10)14-12(15)13/h2-7,12,14H,13H2,1H3. The van der Waals surface area contributed by atoms with Crippen LogP contribution >= 0.6 is 0 Å². The molecule has 2 aromatic rings. The van der Waals surface area contributed by atoms with Crippen molar-refractivity contribution in [1.82, 2.24) is 0 Å². The normalized spacial score (nSPS) is 19.1. The fraction of sp³-hybridized carbons (Fsp3) is 0.167. The Morgan fingerprint density at radius 3 is 2.73 bits per heavy atom. The van der Waals surface area contributed by atoms with Crippen molar-refractivity contribution in [1.29, 1.82) is 0 Å². The number of rotatable bonds is 0. The van der Waals surface area contributed by atoms with Crippen LogP contribution in [-0.4, -0.2) is 13.3 Å². The summed E-state index contributed by atoms with van der Waals surface area (Å²) >= 11 is 0. The minimum absolute atomic E-state index is 0.148. The predicted molar refractivity (Wildman–Crippen MR) is 63.9 cm³/mol. The van der Waals surface area contributed by atoms with Crippen molar-refractivity contribution in [3.63, 3.8) is 0 Å². The molecule has 0 amide bonds. The third-order valence-corrected chi connectivity index (χ3v) is 2.98. The number of hydrogen-bond donors (Lipinski definition) is 2. The van der Waals surface area contributed by atoms with Crippen molar-refractivity contribution in [3.05, 3.63) is 36.4 Å². The zero-order valence-corrected chi connectivity index (χ0v) is 8.57. The highest BCUT2D eigenvalue weighted by Crippen LogP contribution is 2.36. The van der Waals surface area contributed by atoms with Crippen molar-refractivity contribution in [2.45, 2.75) is 6.29 Å². The Labute approximate surface area is 88.5 Å². The van der Waals surface area contributed by atoms with Gasteiger partial charge in [-0.2, -0.15) is 0 Å². The summed E-state index contributed by atoms with van der Waals surface area (Å²) in [6, 6.07) is 12.5. The topological polar surface area (TPSA) is 41.3 Å². The highest BCUT2D eigenvalue weighted by atomic mass is 15.3. The van der Waals surface area contributed by atoms with Gasteiger partial charge in [0.2, 0.25) is 0 Å². The van der Waals surface area contributed by atoms with E-state index in [1.807, 2.05) is 13.1 Å². The Morgan fingerprint density at radius 2 is 1.93 bits per heavy atom. The zero-order chi connectivity index (χ0) is 10.4. The maximum Gasteiger partial charge on any atom is 0.152 e. The first-order chi connectivity index (χ1) is 7.27. The van der Waals surface area contributed by atoms with Gasteiger partial charge < -0.3 is 10.2 Å². The Kier molecular flexibility index (Phi) is 1.64. The first kappa shape index (κ1) is 8.56. The SMILES string of the molecule is CN1c2cccc3cccc(c23)NC1N. The summed E-state index contributed by atoms with van der Waals surface area (Å²) in [5, 5.41) is 5.78. The van der Waals surface area contributed by atoms with Crippen LogP contribution in [0.4, 0.5) is 11.4 Å². The molecular formula is C12H13N3. The summed E-state index contributed by atoms with van der Waals surface area (Å²) in [5.41, 5.74) is 8.29. The molecule has 3 rings (SSSR count). The van der Waals surface area contributed by atoms with Gasteiger partial charge in [-0.1, -0.05) is 24.3 Å². The molecule has 0 saturated carbocycles.